The Labute approximate surface area is 233 Å². The average Bonchev–Trinajstić information content (AvgIpc) is 2.90. The van der Waals surface area contributed by atoms with Crippen LogP contribution in [0.3, 0.4) is 0 Å². The zero-order valence-electron chi connectivity index (χ0n) is 21.2. The lowest BCUT2D eigenvalue weighted by atomic mass is 10.0. The molecule has 0 aliphatic carbocycles. The molecule has 11 heteroatoms. The van der Waals surface area contributed by atoms with E-state index in [4.69, 9.17) is 27.9 Å². The maximum absolute atomic E-state index is 13.9. The van der Waals surface area contributed by atoms with Gasteiger partial charge in [0.1, 0.15) is 18.3 Å². The van der Waals surface area contributed by atoms with E-state index in [2.05, 4.69) is 5.32 Å². The highest BCUT2D eigenvalue weighted by Crippen LogP contribution is 2.28. The largest absolute Gasteiger partial charge is 0.497 e. The molecule has 1 N–H and O–H groups in total. The van der Waals surface area contributed by atoms with E-state index in [1.54, 1.807) is 42.5 Å². The zero-order valence-corrected chi connectivity index (χ0v) is 23.6. The van der Waals surface area contributed by atoms with E-state index < -0.39 is 34.4 Å². The first-order valence-electron chi connectivity index (χ1n) is 11.6. The summed E-state index contributed by atoms with van der Waals surface area (Å²) in [6.45, 7) is -0.655. The van der Waals surface area contributed by atoms with Gasteiger partial charge in [-0.1, -0.05) is 59.6 Å². The Morgan fingerprint density at radius 1 is 0.947 bits per heavy atom. The molecular formula is C27H29Cl2N3O5S. The van der Waals surface area contributed by atoms with E-state index >= 15 is 0 Å². The Balaban J connectivity index is 2.06. The monoisotopic (exact) mass is 577 g/mol. The van der Waals surface area contributed by atoms with Gasteiger partial charge in [0.25, 0.3) is 0 Å². The van der Waals surface area contributed by atoms with Crippen LogP contribution in [-0.2, 0) is 32.6 Å². The molecule has 0 bridgehead atoms. The molecule has 0 fully saturated rings. The van der Waals surface area contributed by atoms with Crippen molar-refractivity contribution < 1.29 is 22.7 Å². The fourth-order valence-corrected chi connectivity index (χ4v) is 5.30. The molecule has 3 rings (SSSR count). The minimum absolute atomic E-state index is 0.109. The number of nitrogens with one attached hydrogen (secondary N) is 1. The van der Waals surface area contributed by atoms with Gasteiger partial charge in [0.15, 0.2) is 0 Å². The molecule has 3 aromatic carbocycles. The van der Waals surface area contributed by atoms with Crippen molar-refractivity contribution in [3.05, 3.63) is 94.0 Å². The Bertz CT molecular complexity index is 1350. The molecule has 38 heavy (non-hydrogen) atoms. The average molecular weight is 579 g/mol. The molecule has 0 heterocycles. The van der Waals surface area contributed by atoms with Crippen LogP contribution in [0.25, 0.3) is 0 Å². The SMILES string of the molecule is CNC(=O)C(Cc1ccccc1)N(Cc1c(Cl)cccc1Cl)C(=O)CN(c1ccc(OC)cc1)S(C)(=O)=O. The molecule has 1 unspecified atom stereocenters. The zero-order chi connectivity index (χ0) is 27.9. The number of carbonyl (C=O) groups is 2. The van der Waals surface area contributed by atoms with E-state index in [0.29, 0.717) is 21.4 Å². The second-order valence-electron chi connectivity index (χ2n) is 8.51. The highest BCUT2D eigenvalue weighted by atomic mass is 35.5. The number of benzene rings is 3. The molecular weight excluding hydrogens is 549 g/mol. The van der Waals surface area contributed by atoms with Gasteiger partial charge >= 0.3 is 0 Å². The minimum atomic E-state index is -3.87. The first-order valence-corrected chi connectivity index (χ1v) is 14.2. The normalized spacial score (nSPS) is 11.9. The predicted molar refractivity (Wildman–Crippen MR) is 150 cm³/mol. The maximum atomic E-state index is 13.9. The summed E-state index contributed by atoms with van der Waals surface area (Å²) >= 11 is 12.8. The van der Waals surface area contributed by atoms with Gasteiger partial charge in [-0.15, -0.1) is 0 Å². The molecule has 202 valence electrons. The number of rotatable bonds is 11. The summed E-state index contributed by atoms with van der Waals surface area (Å²) in [7, 11) is -0.899. The van der Waals surface area contributed by atoms with Crippen LogP contribution in [0, 0.1) is 0 Å². The van der Waals surface area contributed by atoms with Gasteiger partial charge in [0.05, 0.1) is 19.1 Å². The number of nitrogens with zero attached hydrogens (tertiary/aromatic N) is 2. The Kier molecular flexibility index (Phi) is 10.0. The third kappa shape index (κ3) is 7.40. The molecule has 0 radical (unpaired) electrons. The molecule has 0 aliphatic heterocycles. The van der Waals surface area contributed by atoms with Crippen LogP contribution in [0.2, 0.25) is 10.0 Å². The molecule has 8 nitrogen and oxygen atoms in total. The Morgan fingerprint density at radius 2 is 1.55 bits per heavy atom. The third-order valence-corrected chi connectivity index (χ3v) is 7.80. The Hall–Kier alpha value is -3.27. The van der Waals surface area contributed by atoms with Crippen molar-refractivity contribution in [2.24, 2.45) is 0 Å². The topological polar surface area (TPSA) is 96.0 Å². The van der Waals surface area contributed by atoms with Gasteiger partial charge in [-0.2, -0.15) is 0 Å². The van der Waals surface area contributed by atoms with Crippen LogP contribution in [0.4, 0.5) is 5.69 Å². The molecule has 0 aliphatic rings. The maximum Gasteiger partial charge on any atom is 0.244 e. The van der Waals surface area contributed by atoms with Crippen LogP contribution < -0.4 is 14.4 Å². The van der Waals surface area contributed by atoms with Gasteiger partial charge in [0.2, 0.25) is 21.8 Å². The summed E-state index contributed by atoms with van der Waals surface area (Å²) in [5.74, 6) is -0.487. The van der Waals surface area contributed by atoms with Crippen molar-refractivity contribution in [2.75, 3.05) is 31.3 Å². The number of hydrogen-bond donors (Lipinski definition) is 1. The van der Waals surface area contributed by atoms with Crippen molar-refractivity contribution in [1.29, 1.82) is 0 Å². The van der Waals surface area contributed by atoms with E-state index in [0.717, 1.165) is 16.1 Å². The lowest BCUT2D eigenvalue weighted by Crippen LogP contribution is -2.53. The second kappa shape index (κ2) is 13.0. The summed E-state index contributed by atoms with van der Waals surface area (Å²) in [5, 5.41) is 3.26. The number of methoxy groups -OCH3 is 1. The number of hydrogen-bond acceptors (Lipinski definition) is 5. The van der Waals surface area contributed by atoms with Crippen molar-refractivity contribution in [2.45, 2.75) is 19.0 Å². The smallest absolute Gasteiger partial charge is 0.244 e. The molecule has 2 amide bonds. The molecule has 3 aromatic rings. The van der Waals surface area contributed by atoms with Gasteiger partial charge in [0, 0.05) is 35.6 Å². The van der Waals surface area contributed by atoms with Crippen LogP contribution in [0.5, 0.6) is 5.75 Å². The fraction of sp³-hybridized carbons (Fsp3) is 0.259. The number of anilines is 1. The molecule has 1 atom stereocenters. The van der Waals surface area contributed by atoms with E-state index in [9.17, 15) is 18.0 Å². The number of likely N-dealkylation sites (N-methyl/N-ethyl adjacent to an activating group) is 1. The highest BCUT2D eigenvalue weighted by Gasteiger charge is 2.33. The molecule has 0 saturated carbocycles. The van der Waals surface area contributed by atoms with Crippen LogP contribution in [0.15, 0.2) is 72.8 Å². The van der Waals surface area contributed by atoms with Gasteiger partial charge < -0.3 is 15.0 Å². The lowest BCUT2D eigenvalue weighted by molar-refractivity contribution is -0.139. The van der Waals surface area contributed by atoms with E-state index in [1.165, 1.54) is 19.1 Å². The van der Waals surface area contributed by atoms with Crippen LogP contribution in [0.1, 0.15) is 11.1 Å². The minimum Gasteiger partial charge on any atom is -0.497 e. The molecule has 0 saturated heterocycles. The highest BCUT2D eigenvalue weighted by molar-refractivity contribution is 7.92. The summed E-state index contributed by atoms with van der Waals surface area (Å²) < 4.78 is 31.7. The van der Waals surface area contributed by atoms with Gasteiger partial charge in [-0.25, -0.2) is 8.42 Å². The summed E-state index contributed by atoms with van der Waals surface area (Å²) in [6.07, 6.45) is 1.20. The standard InChI is InChI=1S/C27H29Cl2N3O5S/c1-30-27(34)25(16-19-8-5-4-6-9-19)31(17-22-23(28)10-7-11-24(22)29)26(33)18-32(38(3,35)36)20-12-14-21(37-2)15-13-20/h4-15,25H,16-18H2,1-3H3,(H,30,34). The van der Waals surface area contributed by atoms with Crippen molar-refractivity contribution >= 4 is 50.7 Å². The van der Waals surface area contributed by atoms with E-state index in [1.807, 2.05) is 30.3 Å². The first-order chi connectivity index (χ1) is 18.0. The van der Waals surface area contributed by atoms with E-state index in [-0.39, 0.29) is 18.7 Å². The Morgan fingerprint density at radius 3 is 2.08 bits per heavy atom. The number of carbonyl (C=O) groups excluding carboxylic acids is 2. The first kappa shape index (κ1) is 29.3. The second-order valence-corrected chi connectivity index (χ2v) is 11.2. The number of sulfonamides is 1. The number of halogens is 2. The molecule has 0 aromatic heterocycles. The fourth-order valence-electron chi connectivity index (χ4n) is 3.94. The molecule has 0 spiro atoms. The van der Waals surface area contributed by atoms with Crippen LogP contribution in [-0.4, -0.2) is 58.1 Å². The van der Waals surface area contributed by atoms with Crippen molar-refractivity contribution in [1.82, 2.24) is 10.2 Å². The van der Waals surface area contributed by atoms with Crippen molar-refractivity contribution in [3.63, 3.8) is 0 Å². The lowest BCUT2D eigenvalue weighted by Gasteiger charge is -2.33. The third-order valence-electron chi connectivity index (χ3n) is 5.95. The van der Waals surface area contributed by atoms with Gasteiger partial charge in [-0.05, 0) is 42.0 Å². The predicted octanol–water partition coefficient (Wildman–Crippen LogP) is 4.15. The number of amides is 2. The van der Waals surface area contributed by atoms with Gasteiger partial charge in [-0.3, -0.25) is 13.9 Å². The quantitative estimate of drug-likeness (QED) is 0.369. The summed E-state index contributed by atoms with van der Waals surface area (Å²) in [4.78, 5) is 28.4. The number of ether oxygens (including phenoxy) is 1. The van der Waals surface area contributed by atoms with Crippen LogP contribution >= 0.6 is 23.2 Å². The summed E-state index contributed by atoms with van der Waals surface area (Å²) in [5.41, 5.74) is 1.54. The summed E-state index contributed by atoms with van der Waals surface area (Å²) in [6, 6.07) is 19.5. The van der Waals surface area contributed by atoms with Crippen molar-refractivity contribution in [3.8, 4) is 5.75 Å².